The molecule has 3 aromatic rings. The van der Waals surface area contributed by atoms with Crippen molar-refractivity contribution in [3.8, 4) is 11.6 Å². The quantitative estimate of drug-likeness (QED) is 0.720. The Hall–Kier alpha value is -2.33. The van der Waals surface area contributed by atoms with Crippen LogP contribution in [0.25, 0.3) is 11.6 Å². The average molecular weight is 325 g/mol. The maximum Gasteiger partial charge on any atom is 0.197 e. The molecule has 1 atom stereocenters. The zero-order valence-corrected chi connectivity index (χ0v) is 13.8. The molecule has 0 spiro atoms. The molecule has 2 aromatic heterocycles. The van der Waals surface area contributed by atoms with Crippen molar-refractivity contribution in [2.45, 2.75) is 26.2 Å². The summed E-state index contributed by atoms with van der Waals surface area (Å²) in [5, 5.41) is 0.802. The van der Waals surface area contributed by atoms with Crippen LogP contribution in [-0.2, 0) is 6.42 Å². The van der Waals surface area contributed by atoms with Gasteiger partial charge in [0, 0.05) is 29.8 Å². The Bertz CT molecular complexity index is 788. The molecule has 1 unspecified atom stereocenters. The molecule has 23 heavy (non-hydrogen) atoms. The molecule has 0 radical (unpaired) electrons. The van der Waals surface area contributed by atoms with Crippen LogP contribution in [0, 0.1) is 6.92 Å². The van der Waals surface area contributed by atoms with E-state index in [1.54, 1.807) is 18.5 Å². The second kappa shape index (κ2) is 6.84. The predicted molar refractivity (Wildman–Crippen MR) is 91.4 cm³/mol. The van der Waals surface area contributed by atoms with Gasteiger partial charge in [-0.05, 0) is 48.1 Å². The average Bonchev–Trinajstić information content (AvgIpc) is 2.59. The minimum Gasteiger partial charge on any atom is -0.234 e. The lowest BCUT2D eigenvalue weighted by Gasteiger charge is -2.13. The number of benzene rings is 1. The van der Waals surface area contributed by atoms with Crippen molar-refractivity contribution >= 4 is 11.6 Å². The minimum absolute atomic E-state index is 0.369. The van der Waals surface area contributed by atoms with Crippen molar-refractivity contribution < 1.29 is 0 Å². The Kier molecular flexibility index (Phi) is 4.63. The van der Waals surface area contributed by atoms with E-state index in [2.05, 4.69) is 39.0 Å². The molecule has 5 heteroatoms. The Morgan fingerprint density at radius 1 is 1.00 bits per heavy atom. The summed E-state index contributed by atoms with van der Waals surface area (Å²) in [4.78, 5) is 17.1. The zero-order valence-electron chi connectivity index (χ0n) is 13.1. The fourth-order valence-electron chi connectivity index (χ4n) is 2.44. The summed E-state index contributed by atoms with van der Waals surface area (Å²) in [5.41, 5.74) is 3.45. The van der Waals surface area contributed by atoms with Gasteiger partial charge in [-0.3, -0.25) is 0 Å². The summed E-state index contributed by atoms with van der Waals surface area (Å²) in [5.74, 6) is 1.46. The van der Waals surface area contributed by atoms with Crippen molar-refractivity contribution in [2.24, 2.45) is 0 Å². The van der Waals surface area contributed by atoms with E-state index >= 15 is 0 Å². The Morgan fingerprint density at radius 2 is 1.65 bits per heavy atom. The Labute approximate surface area is 140 Å². The van der Waals surface area contributed by atoms with E-state index < -0.39 is 0 Å². The van der Waals surface area contributed by atoms with Crippen LogP contribution in [0.2, 0.25) is 5.02 Å². The van der Waals surface area contributed by atoms with Gasteiger partial charge in [0.25, 0.3) is 0 Å². The standard InChI is InChI=1S/C18H17ClN4/c1-12(15-4-5-16(19)13(2)9-15)8-14-10-22-18(23-11-14)17-20-6-3-7-21-17/h3-7,9-12H,8H2,1-2H3. The number of nitrogens with zero attached hydrogens (tertiary/aromatic N) is 4. The van der Waals surface area contributed by atoms with Crippen molar-refractivity contribution in [3.05, 3.63) is 70.8 Å². The third-order valence-corrected chi connectivity index (χ3v) is 4.19. The van der Waals surface area contributed by atoms with Crippen LogP contribution in [0.1, 0.15) is 29.5 Å². The first kappa shape index (κ1) is 15.6. The molecule has 2 heterocycles. The first-order chi connectivity index (χ1) is 11.1. The van der Waals surface area contributed by atoms with Gasteiger partial charge in [-0.15, -0.1) is 0 Å². The molecule has 0 aliphatic carbocycles. The lowest BCUT2D eigenvalue weighted by molar-refractivity contribution is 0.751. The van der Waals surface area contributed by atoms with Gasteiger partial charge in [-0.1, -0.05) is 30.7 Å². The van der Waals surface area contributed by atoms with Crippen LogP contribution in [0.5, 0.6) is 0 Å². The third kappa shape index (κ3) is 3.71. The molecule has 1 aromatic carbocycles. The van der Waals surface area contributed by atoms with Crippen LogP contribution in [-0.4, -0.2) is 19.9 Å². The molecule has 4 nitrogen and oxygen atoms in total. The highest BCUT2D eigenvalue weighted by Gasteiger charge is 2.10. The number of halogens is 1. The van der Waals surface area contributed by atoms with Crippen molar-refractivity contribution in [1.82, 2.24) is 19.9 Å². The van der Waals surface area contributed by atoms with Gasteiger partial charge in [0.05, 0.1) is 0 Å². The van der Waals surface area contributed by atoms with E-state index in [0.717, 1.165) is 22.6 Å². The topological polar surface area (TPSA) is 51.6 Å². The molecule has 0 saturated heterocycles. The van der Waals surface area contributed by atoms with Crippen molar-refractivity contribution in [3.63, 3.8) is 0 Å². The van der Waals surface area contributed by atoms with Crippen LogP contribution < -0.4 is 0 Å². The summed E-state index contributed by atoms with van der Waals surface area (Å²) in [6, 6.07) is 7.94. The van der Waals surface area contributed by atoms with E-state index in [1.165, 1.54) is 5.56 Å². The molecule has 0 bridgehead atoms. The fourth-order valence-corrected chi connectivity index (χ4v) is 2.55. The lowest BCUT2D eigenvalue weighted by Crippen LogP contribution is -2.01. The highest BCUT2D eigenvalue weighted by Crippen LogP contribution is 2.24. The number of aryl methyl sites for hydroxylation is 1. The molecule has 0 amide bonds. The van der Waals surface area contributed by atoms with Gasteiger partial charge in [-0.2, -0.15) is 0 Å². The molecular weight excluding hydrogens is 308 g/mol. The summed E-state index contributed by atoms with van der Waals surface area (Å²) < 4.78 is 0. The third-order valence-electron chi connectivity index (χ3n) is 3.76. The number of aromatic nitrogens is 4. The molecular formula is C18H17ClN4. The van der Waals surface area contributed by atoms with Crippen LogP contribution in [0.15, 0.2) is 49.1 Å². The van der Waals surface area contributed by atoms with Gasteiger partial charge in [0.1, 0.15) is 0 Å². The molecule has 0 N–H and O–H groups in total. The number of rotatable bonds is 4. The zero-order chi connectivity index (χ0) is 16.2. The summed E-state index contributed by atoms with van der Waals surface area (Å²) in [7, 11) is 0. The lowest BCUT2D eigenvalue weighted by atomic mass is 9.94. The maximum atomic E-state index is 6.09. The SMILES string of the molecule is Cc1cc(C(C)Cc2cnc(-c3ncccn3)nc2)ccc1Cl. The molecule has 0 aliphatic heterocycles. The van der Waals surface area contributed by atoms with Crippen LogP contribution >= 0.6 is 11.6 Å². The second-order valence-corrected chi connectivity index (χ2v) is 6.01. The summed E-state index contributed by atoms with van der Waals surface area (Å²) in [6.07, 6.45) is 7.93. The Balaban J connectivity index is 1.74. The summed E-state index contributed by atoms with van der Waals surface area (Å²) >= 11 is 6.09. The van der Waals surface area contributed by atoms with Gasteiger partial charge in [0.15, 0.2) is 11.6 Å². The van der Waals surface area contributed by atoms with Gasteiger partial charge >= 0.3 is 0 Å². The summed E-state index contributed by atoms with van der Waals surface area (Å²) in [6.45, 7) is 4.22. The van der Waals surface area contributed by atoms with Gasteiger partial charge in [-0.25, -0.2) is 19.9 Å². The van der Waals surface area contributed by atoms with E-state index in [1.807, 2.05) is 25.4 Å². The fraction of sp³-hybridized carbons (Fsp3) is 0.222. The minimum atomic E-state index is 0.369. The Morgan fingerprint density at radius 3 is 2.30 bits per heavy atom. The van der Waals surface area contributed by atoms with E-state index in [-0.39, 0.29) is 0 Å². The largest absolute Gasteiger partial charge is 0.234 e. The first-order valence-electron chi connectivity index (χ1n) is 7.48. The van der Waals surface area contributed by atoms with Crippen molar-refractivity contribution in [1.29, 1.82) is 0 Å². The first-order valence-corrected chi connectivity index (χ1v) is 7.85. The smallest absolute Gasteiger partial charge is 0.197 e. The monoisotopic (exact) mass is 324 g/mol. The van der Waals surface area contributed by atoms with Crippen LogP contribution in [0.3, 0.4) is 0 Å². The normalized spacial score (nSPS) is 12.1. The molecule has 0 fully saturated rings. The number of hydrogen-bond acceptors (Lipinski definition) is 4. The highest BCUT2D eigenvalue weighted by atomic mass is 35.5. The molecule has 3 rings (SSSR count). The molecule has 0 saturated carbocycles. The molecule has 116 valence electrons. The van der Waals surface area contributed by atoms with Crippen molar-refractivity contribution in [2.75, 3.05) is 0 Å². The van der Waals surface area contributed by atoms with Gasteiger partial charge < -0.3 is 0 Å². The molecule has 0 aliphatic rings. The maximum absolute atomic E-state index is 6.09. The van der Waals surface area contributed by atoms with E-state index in [0.29, 0.717) is 17.6 Å². The second-order valence-electron chi connectivity index (χ2n) is 5.60. The van der Waals surface area contributed by atoms with E-state index in [9.17, 15) is 0 Å². The highest BCUT2D eigenvalue weighted by molar-refractivity contribution is 6.31. The van der Waals surface area contributed by atoms with Crippen LogP contribution in [0.4, 0.5) is 0 Å². The van der Waals surface area contributed by atoms with E-state index in [4.69, 9.17) is 11.6 Å². The van der Waals surface area contributed by atoms with Gasteiger partial charge in [0.2, 0.25) is 0 Å². The number of hydrogen-bond donors (Lipinski definition) is 0. The predicted octanol–water partition coefficient (Wildman–Crippen LogP) is 4.24.